The first-order valence-electron chi connectivity index (χ1n) is 9.85. The molecule has 1 aromatic heterocycles. The maximum atomic E-state index is 13.2. The number of ketones is 1. The number of carbonyl (C=O) groups excluding carboxylic acids is 2. The van der Waals surface area contributed by atoms with Crippen LogP contribution < -0.4 is 9.64 Å². The van der Waals surface area contributed by atoms with E-state index in [1.807, 2.05) is 32.0 Å². The van der Waals surface area contributed by atoms with Crippen molar-refractivity contribution in [3.8, 4) is 5.75 Å². The number of rotatable bonds is 4. The topological polar surface area (TPSA) is 79.7 Å². The fourth-order valence-corrected chi connectivity index (χ4v) is 3.83. The molecular weight excluding hydrogens is 392 g/mol. The smallest absolute Gasteiger partial charge is 0.300 e. The number of Topliss-reactive ketones (excluding diaryl/α,β-unsaturated/α-hetero) is 1. The minimum Gasteiger partial charge on any atom is -0.507 e. The fourth-order valence-electron chi connectivity index (χ4n) is 3.83. The van der Waals surface area contributed by atoms with Crippen LogP contribution in [-0.4, -0.2) is 28.9 Å². The third-order valence-corrected chi connectivity index (χ3v) is 5.45. The number of hydrogen-bond acceptors (Lipinski definition) is 5. The van der Waals surface area contributed by atoms with Gasteiger partial charge in [-0.15, -0.1) is 0 Å². The molecule has 1 atom stereocenters. The van der Waals surface area contributed by atoms with Crippen LogP contribution in [-0.2, 0) is 9.59 Å². The summed E-state index contributed by atoms with van der Waals surface area (Å²) in [7, 11) is 1.57. The maximum absolute atomic E-state index is 13.2. The predicted octanol–water partition coefficient (Wildman–Crippen LogP) is 4.33. The van der Waals surface area contributed by atoms with Gasteiger partial charge in [-0.05, 0) is 60.9 Å². The molecule has 3 aromatic rings. The molecule has 1 aliphatic rings. The van der Waals surface area contributed by atoms with E-state index in [4.69, 9.17) is 4.74 Å². The van der Waals surface area contributed by atoms with Gasteiger partial charge in [-0.1, -0.05) is 24.3 Å². The first-order chi connectivity index (χ1) is 14.9. The summed E-state index contributed by atoms with van der Waals surface area (Å²) in [5, 5.41) is 11.1. The van der Waals surface area contributed by atoms with Crippen LogP contribution in [0.5, 0.6) is 5.75 Å². The number of amides is 1. The highest BCUT2D eigenvalue weighted by molar-refractivity contribution is 6.51. The Labute approximate surface area is 180 Å². The lowest BCUT2D eigenvalue weighted by Crippen LogP contribution is -2.30. The van der Waals surface area contributed by atoms with Gasteiger partial charge < -0.3 is 9.84 Å². The van der Waals surface area contributed by atoms with Crippen LogP contribution >= 0.6 is 0 Å². The van der Waals surface area contributed by atoms with Gasteiger partial charge in [0.15, 0.2) is 0 Å². The lowest BCUT2D eigenvalue weighted by atomic mass is 9.95. The van der Waals surface area contributed by atoms with E-state index in [1.165, 1.54) is 17.3 Å². The molecule has 0 aliphatic carbocycles. The summed E-state index contributed by atoms with van der Waals surface area (Å²) < 4.78 is 5.25. The van der Waals surface area contributed by atoms with Crippen molar-refractivity contribution < 1.29 is 19.4 Å². The molecule has 1 aliphatic heterocycles. The molecule has 4 rings (SSSR count). The van der Waals surface area contributed by atoms with E-state index in [-0.39, 0.29) is 11.3 Å². The van der Waals surface area contributed by atoms with Crippen LogP contribution in [0, 0.1) is 13.8 Å². The molecule has 31 heavy (non-hydrogen) atoms. The van der Waals surface area contributed by atoms with Crippen molar-refractivity contribution in [1.82, 2.24) is 4.98 Å². The average Bonchev–Trinajstić information content (AvgIpc) is 3.06. The molecule has 2 heterocycles. The van der Waals surface area contributed by atoms with Crippen LogP contribution in [0.1, 0.15) is 28.3 Å². The van der Waals surface area contributed by atoms with Gasteiger partial charge in [0.05, 0.1) is 18.7 Å². The van der Waals surface area contributed by atoms with Crippen LogP contribution in [0.25, 0.3) is 5.76 Å². The molecule has 1 saturated heterocycles. The number of aliphatic hydroxyl groups excluding tert-OH is 1. The molecule has 156 valence electrons. The summed E-state index contributed by atoms with van der Waals surface area (Å²) in [5.74, 6) is -0.975. The number of methoxy groups -OCH3 is 1. The van der Waals surface area contributed by atoms with Crippen molar-refractivity contribution in [3.05, 3.63) is 94.8 Å². The number of pyridine rings is 1. The van der Waals surface area contributed by atoms with Gasteiger partial charge in [0.25, 0.3) is 11.7 Å². The van der Waals surface area contributed by atoms with Crippen molar-refractivity contribution in [3.63, 3.8) is 0 Å². The standard InChI is InChI=1S/C25H22N2O4/c1-15-4-5-16(2)20(14-15)27-22(17-6-8-19(31-3)9-7-17)21(24(29)25(27)30)23(28)18-10-12-26-13-11-18/h4-14,22,28H,1-3H3/b23-21+. The second kappa shape index (κ2) is 8.07. The second-order valence-corrected chi connectivity index (χ2v) is 7.47. The normalized spacial score (nSPS) is 17.8. The van der Waals surface area contributed by atoms with E-state index in [1.54, 1.807) is 43.5 Å². The molecule has 2 aromatic carbocycles. The van der Waals surface area contributed by atoms with E-state index >= 15 is 0 Å². The summed E-state index contributed by atoms with van der Waals surface area (Å²) in [6.45, 7) is 3.82. The Kier molecular flexibility index (Phi) is 5.29. The van der Waals surface area contributed by atoms with Crippen LogP contribution in [0.2, 0.25) is 0 Å². The van der Waals surface area contributed by atoms with Gasteiger partial charge in [0.2, 0.25) is 0 Å². The summed E-state index contributed by atoms with van der Waals surface area (Å²) >= 11 is 0. The SMILES string of the molecule is COc1ccc(C2/C(=C(\O)c3ccncc3)C(=O)C(=O)N2c2cc(C)ccc2C)cc1. The first kappa shape index (κ1) is 20.3. The zero-order valence-electron chi connectivity index (χ0n) is 17.5. The highest BCUT2D eigenvalue weighted by Gasteiger charge is 2.47. The van der Waals surface area contributed by atoms with E-state index in [2.05, 4.69) is 4.98 Å². The average molecular weight is 414 g/mol. The molecule has 0 spiro atoms. The molecule has 1 unspecified atom stereocenters. The minimum absolute atomic E-state index is 0.0438. The second-order valence-electron chi connectivity index (χ2n) is 7.47. The molecule has 0 bridgehead atoms. The zero-order valence-corrected chi connectivity index (χ0v) is 17.5. The van der Waals surface area contributed by atoms with Gasteiger partial charge >= 0.3 is 0 Å². The van der Waals surface area contributed by atoms with E-state index in [0.717, 1.165) is 11.1 Å². The molecule has 1 amide bonds. The number of benzene rings is 2. The lowest BCUT2D eigenvalue weighted by molar-refractivity contribution is -0.132. The molecule has 0 radical (unpaired) electrons. The number of nitrogens with zero attached hydrogens (tertiary/aromatic N) is 2. The predicted molar refractivity (Wildman–Crippen MR) is 118 cm³/mol. The summed E-state index contributed by atoms with van der Waals surface area (Å²) in [5.41, 5.74) is 3.61. The number of hydrogen-bond donors (Lipinski definition) is 1. The maximum Gasteiger partial charge on any atom is 0.300 e. The Bertz CT molecular complexity index is 1180. The Morgan fingerprint density at radius 2 is 1.68 bits per heavy atom. The van der Waals surface area contributed by atoms with Crippen LogP contribution in [0.15, 0.2) is 72.6 Å². The highest BCUT2D eigenvalue weighted by Crippen LogP contribution is 2.43. The Hall–Kier alpha value is -3.93. The minimum atomic E-state index is -0.778. The van der Waals surface area contributed by atoms with Crippen LogP contribution in [0.4, 0.5) is 5.69 Å². The number of anilines is 1. The summed E-state index contributed by atoms with van der Waals surface area (Å²) in [6, 6.07) is 15.3. The van der Waals surface area contributed by atoms with E-state index in [9.17, 15) is 14.7 Å². The third-order valence-electron chi connectivity index (χ3n) is 5.45. The number of aliphatic hydroxyl groups is 1. The van der Waals surface area contributed by atoms with Gasteiger partial charge in [0.1, 0.15) is 11.5 Å². The lowest BCUT2D eigenvalue weighted by Gasteiger charge is -2.27. The molecular formula is C25H22N2O4. The largest absolute Gasteiger partial charge is 0.507 e. The first-order valence-corrected chi connectivity index (χ1v) is 9.85. The number of ether oxygens (including phenoxy) is 1. The fraction of sp³-hybridized carbons (Fsp3) is 0.160. The molecule has 1 N–H and O–H groups in total. The number of aromatic nitrogens is 1. The molecule has 6 heteroatoms. The highest BCUT2D eigenvalue weighted by atomic mass is 16.5. The third kappa shape index (κ3) is 3.57. The molecule has 1 fully saturated rings. The molecule has 6 nitrogen and oxygen atoms in total. The van der Waals surface area contributed by atoms with Crippen molar-refractivity contribution in [1.29, 1.82) is 0 Å². The van der Waals surface area contributed by atoms with Gasteiger partial charge in [-0.3, -0.25) is 19.5 Å². The number of carbonyl (C=O) groups is 2. The summed E-state index contributed by atoms with van der Waals surface area (Å²) in [4.78, 5) is 31.8. The van der Waals surface area contributed by atoms with Crippen molar-refractivity contribution in [2.75, 3.05) is 12.0 Å². The van der Waals surface area contributed by atoms with Crippen LogP contribution in [0.3, 0.4) is 0 Å². The van der Waals surface area contributed by atoms with Gasteiger partial charge in [0, 0.05) is 23.6 Å². The zero-order chi connectivity index (χ0) is 22.1. The number of aryl methyl sites for hydroxylation is 2. The Morgan fingerprint density at radius 1 is 1.00 bits per heavy atom. The Morgan fingerprint density at radius 3 is 2.32 bits per heavy atom. The van der Waals surface area contributed by atoms with Gasteiger partial charge in [-0.25, -0.2) is 0 Å². The van der Waals surface area contributed by atoms with Gasteiger partial charge in [-0.2, -0.15) is 0 Å². The molecule has 0 saturated carbocycles. The van der Waals surface area contributed by atoms with E-state index < -0.39 is 17.7 Å². The van der Waals surface area contributed by atoms with E-state index in [0.29, 0.717) is 22.6 Å². The quantitative estimate of drug-likeness (QED) is 0.390. The Balaban J connectivity index is 1.97. The van der Waals surface area contributed by atoms with Crippen molar-refractivity contribution >= 4 is 23.1 Å². The monoisotopic (exact) mass is 414 g/mol. The van der Waals surface area contributed by atoms with Crippen molar-refractivity contribution in [2.45, 2.75) is 19.9 Å². The summed E-state index contributed by atoms with van der Waals surface area (Å²) in [6.07, 6.45) is 3.05. The van der Waals surface area contributed by atoms with Crippen molar-refractivity contribution in [2.24, 2.45) is 0 Å².